The minimum absolute atomic E-state index is 0.173. The maximum atomic E-state index is 12.1. The van der Waals surface area contributed by atoms with Crippen LogP contribution < -0.4 is 10.6 Å². The third kappa shape index (κ3) is 4.92. The summed E-state index contributed by atoms with van der Waals surface area (Å²) in [6, 6.07) is 13.8. The molecule has 0 radical (unpaired) electrons. The number of carbonyl (C=O) groups is 2. The Bertz CT molecular complexity index is 954. The molecule has 0 aliphatic rings. The van der Waals surface area contributed by atoms with Crippen LogP contribution in [0.3, 0.4) is 0 Å². The molecule has 2 N–H and O–H groups in total. The number of amides is 2. The summed E-state index contributed by atoms with van der Waals surface area (Å²) in [6.07, 6.45) is 0.480. The van der Waals surface area contributed by atoms with Gasteiger partial charge < -0.3 is 15.2 Å². The number of aromatic nitrogens is 2. The lowest BCUT2D eigenvalue weighted by Crippen LogP contribution is -2.18. The van der Waals surface area contributed by atoms with Gasteiger partial charge in [-0.3, -0.25) is 9.59 Å². The molecule has 0 unspecified atom stereocenters. The van der Waals surface area contributed by atoms with Gasteiger partial charge in [-0.15, -0.1) is 0 Å². The molecule has 0 saturated heterocycles. The third-order valence-corrected chi connectivity index (χ3v) is 4.02. The van der Waals surface area contributed by atoms with Gasteiger partial charge in [0, 0.05) is 41.7 Å². The van der Waals surface area contributed by atoms with E-state index in [4.69, 9.17) is 16.1 Å². The van der Waals surface area contributed by atoms with E-state index in [1.54, 1.807) is 55.6 Å². The van der Waals surface area contributed by atoms with Gasteiger partial charge in [-0.1, -0.05) is 22.8 Å². The smallest absolute Gasteiger partial charge is 0.251 e. The zero-order valence-electron chi connectivity index (χ0n) is 14.5. The highest BCUT2D eigenvalue weighted by Crippen LogP contribution is 2.19. The number of rotatable bonds is 6. The maximum Gasteiger partial charge on any atom is 0.251 e. The highest BCUT2D eigenvalue weighted by Gasteiger charge is 2.11. The number of nitrogens with one attached hydrogen (secondary N) is 2. The molecule has 0 aliphatic carbocycles. The van der Waals surface area contributed by atoms with Gasteiger partial charge in [-0.05, 0) is 42.5 Å². The standard InChI is InChI=1S/C19H17ClN4O3/c1-21-19(26)13-3-2-4-15(11-13)22-16(25)9-10-17-23-18(24-27-17)12-5-7-14(20)8-6-12/h2-8,11H,9-10H2,1H3,(H,21,26)(H,22,25). The van der Waals surface area contributed by atoms with Crippen LogP contribution in [0.1, 0.15) is 22.7 Å². The van der Waals surface area contributed by atoms with Crippen LogP contribution in [0.25, 0.3) is 11.4 Å². The molecular formula is C19H17ClN4O3. The van der Waals surface area contributed by atoms with E-state index in [2.05, 4.69) is 20.8 Å². The largest absolute Gasteiger partial charge is 0.355 e. The molecule has 3 rings (SSSR count). The molecule has 2 aromatic carbocycles. The van der Waals surface area contributed by atoms with Crippen LogP contribution in [0.5, 0.6) is 0 Å². The Morgan fingerprint density at radius 1 is 1.15 bits per heavy atom. The molecule has 0 spiro atoms. The fourth-order valence-corrected chi connectivity index (χ4v) is 2.53. The highest BCUT2D eigenvalue weighted by molar-refractivity contribution is 6.30. The van der Waals surface area contributed by atoms with E-state index < -0.39 is 0 Å². The van der Waals surface area contributed by atoms with Gasteiger partial charge in [0.1, 0.15) is 0 Å². The number of aryl methyl sites for hydroxylation is 1. The number of anilines is 1. The number of carbonyl (C=O) groups excluding carboxylic acids is 2. The molecule has 7 nitrogen and oxygen atoms in total. The quantitative estimate of drug-likeness (QED) is 0.679. The number of hydrogen-bond acceptors (Lipinski definition) is 5. The van der Waals surface area contributed by atoms with E-state index in [-0.39, 0.29) is 18.2 Å². The van der Waals surface area contributed by atoms with Crippen molar-refractivity contribution in [1.82, 2.24) is 15.5 Å². The SMILES string of the molecule is CNC(=O)c1cccc(NC(=O)CCc2nc(-c3ccc(Cl)cc3)no2)c1. The van der Waals surface area contributed by atoms with Crippen molar-refractivity contribution in [3.63, 3.8) is 0 Å². The average Bonchev–Trinajstić information content (AvgIpc) is 3.15. The van der Waals surface area contributed by atoms with Crippen molar-refractivity contribution in [2.24, 2.45) is 0 Å². The molecule has 1 heterocycles. The lowest BCUT2D eigenvalue weighted by atomic mass is 10.2. The van der Waals surface area contributed by atoms with Crippen LogP contribution in [0.15, 0.2) is 53.1 Å². The fraction of sp³-hybridized carbons (Fsp3) is 0.158. The molecule has 8 heteroatoms. The molecule has 2 amide bonds. The predicted octanol–water partition coefficient (Wildman–Crippen LogP) is 3.32. The van der Waals surface area contributed by atoms with Crippen molar-refractivity contribution in [3.05, 3.63) is 65.0 Å². The lowest BCUT2D eigenvalue weighted by molar-refractivity contribution is -0.116. The van der Waals surface area contributed by atoms with Crippen LogP contribution in [0, 0.1) is 0 Å². The van der Waals surface area contributed by atoms with Crippen LogP contribution in [-0.4, -0.2) is 29.0 Å². The van der Waals surface area contributed by atoms with Crippen LogP contribution >= 0.6 is 11.6 Å². The molecule has 0 bridgehead atoms. The molecule has 138 valence electrons. The Hall–Kier alpha value is -3.19. The highest BCUT2D eigenvalue weighted by atomic mass is 35.5. The van der Waals surface area contributed by atoms with Gasteiger partial charge in [0.05, 0.1) is 0 Å². The summed E-state index contributed by atoms with van der Waals surface area (Å²) >= 11 is 5.86. The van der Waals surface area contributed by atoms with Gasteiger partial charge in [0.15, 0.2) is 0 Å². The van der Waals surface area contributed by atoms with E-state index in [1.807, 2.05) is 0 Å². The minimum atomic E-state index is -0.216. The molecule has 3 aromatic rings. The third-order valence-electron chi connectivity index (χ3n) is 3.77. The Morgan fingerprint density at radius 2 is 1.93 bits per heavy atom. The Kier molecular flexibility index (Phi) is 5.83. The second-order valence-corrected chi connectivity index (χ2v) is 6.16. The molecule has 0 fully saturated rings. The molecule has 0 aliphatic heterocycles. The van der Waals surface area contributed by atoms with Crippen LogP contribution in [-0.2, 0) is 11.2 Å². The summed E-state index contributed by atoms with van der Waals surface area (Å²) in [5, 5.41) is 9.83. The van der Waals surface area contributed by atoms with Crippen molar-refractivity contribution in [3.8, 4) is 11.4 Å². The first-order valence-electron chi connectivity index (χ1n) is 8.25. The number of nitrogens with zero attached hydrogens (tertiary/aromatic N) is 2. The Morgan fingerprint density at radius 3 is 2.67 bits per heavy atom. The second-order valence-electron chi connectivity index (χ2n) is 5.73. The van der Waals surface area contributed by atoms with Crippen molar-refractivity contribution >= 4 is 29.1 Å². The lowest BCUT2D eigenvalue weighted by Gasteiger charge is -2.06. The van der Waals surface area contributed by atoms with Gasteiger partial charge in [-0.2, -0.15) is 4.98 Å². The molecule has 27 heavy (non-hydrogen) atoms. The summed E-state index contributed by atoms with van der Waals surface area (Å²) in [5.41, 5.74) is 1.80. The van der Waals surface area contributed by atoms with Gasteiger partial charge in [0.2, 0.25) is 17.6 Å². The van der Waals surface area contributed by atoms with Gasteiger partial charge >= 0.3 is 0 Å². The zero-order chi connectivity index (χ0) is 19.2. The molecule has 0 atom stereocenters. The first kappa shape index (κ1) is 18.6. The van der Waals surface area contributed by atoms with E-state index in [1.165, 1.54) is 0 Å². The van der Waals surface area contributed by atoms with E-state index in [0.29, 0.717) is 34.4 Å². The van der Waals surface area contributed by atoms with Gasteiger partial charge in [-0.25, -0.2) is 0 Å². The second kappa shape index (κ2) is 8.46. The van der Waals surface area contributed by atoms with E-state index in [0.717, 1.165) is 5.56 Å². The average molecular weight is 385 g/mol. The predicted molar refractivity (Wildman–Crippen MR) is 102 cm³/mol. The number of benzene rings is 2. The topological polar surface area (TPSA) is 97.1 Å². The fourth-order valence-electron chi connectivity index (χ4n) is 2.40. The molecule has 1 aromatic heterocycles. The number of halogens is 1. The summed E-state index contributed by atoms with van der Waals surface area (Å²) in [6.45, 7) is 0. The molecule has 0 saturated carbocycles. The Labute approximate surface area is 160 Å². The normalized spacial score (nSPS) is 10.4. The van der Waals surface area contributed by atoms with Crippen molar-refractivity contribution < 1.29 is 14.1 Å². The van der Waals surface area contributed by atoms with Crippen molar-refractivity contribution in [2.75, 3.05) is 12.4 Å². The first-order chi connectivity index (χ1) is 13.0. The first-order valence-corrected chi connectivity index (χ1v) is 8.63. The van der Waals surface area contributed by atoms with E-state index >= 15 is 0 Å². The van der Waals surface area contributed by atoms with Crippen molar-refractivity contribution in [1.29, 1.82) is 0 Å². The number of hydrogen-bond donors (Lipinski definition) is 2. The molecular weight excluding hydrogens is 368 g/mol. The van der Waals surface area contributed by atoms with Crippen molar-refractivity contribution in [2.45, 2.75) is 12.8 Å². The summed E-state index contributed by atoms with van der Waals surface area (Å²) in [7, 11) is 1.55. The monoisotopic (exact) mass is 384 g/mol. The minimum Gasteiger partial charge on any atom is -0.355 e. The Balaban J connectivity index is 1.57. The zero-order valence-corrected chi connectivity index (χ0v) is 15.3. The van der Waals surface area contributed by atoms with Crippen LogP contribution in [0.2, 0.25) is 5.02 Å². The summed E-state index contributed by atoms with van der Waals surface area (Å²) < 4.78 is 5.19. The maximum absolute atomic E-state index is 12.1. The summed E-state index contributed by atoms with van der Waals surface area (Å²) in [4.78, 5) is 28.1. The van der Waals surface area contributed by atoms with E-state index in [9.17, 15) is 9.59 Å². The van der Waals surface area contributed by atoms with Crippen LogP contribution in [0.4, 0.5) is 5.69 Å². The van der Waals surface area contributed by atoms with Gasteiger partial charge in [0.25, 0.3) is 5.91 Å². The summed E-state index contributed by atoms with van der Waals surface area (Å²) in [5.74, 6) is 0.386.